The number of hydrogen-bond acceptors (Lipinski definition) is 2. The minimum Gasteiger partial charge on any atom is -0.300 e. The molecule has 0 spiro atoms. The van der Waals surface area contributed by atoms with Crippen LogP contribution < -0.4 is 0 Å². The van der Waals surface area contributed by atoms with E-state index in [1.807, 2.05) is 20.8 Å². The van der Waals surface area contributed by atoms with Gasteiger partial charge in [-0.2, -0.15) is 0 Å². The molecule has 1 saturated carbocycles. The summed E-state index contributed by atoms with van der Waals surface area (Å²) in [6.45, 7) is 7.49. The second-order valence-electron chi connectivity index (χ2n) is 3.44. The van der Waals surface area contributed by atoms with Gasteiger partial charge in [-0.3, -0.25) is 9.59 Å². The Balaban J connectivity index is 0.000000671. The molecule has 76 valence electrons. The van der Waals surface area contributed by atoms with Crippen molar-refractivity contribution in [2.75, 3.05) is 0 Å². The maximum atomic E-state index is 11.3. The zero-order chi connectivity index (χ0) is 10.5. The van der Waals surface area contributed by atoms with Crippen LogP contribution in [0.2, 0.25) is 0 Å². The molecule has 1 aliphatic rings. The number of ketones is 2. The normalized spacial score (nSPS) is 16.9. The van der Waals surface area contributed by atoms with Crippen molar-refractivity contribution < 1.29 is 9.59 Å². The molecule has 0 N–H and O–H groups in total. The Hall–Kier alpha value is -0.660. The second-order valence-corrected chi connectivity index (χ2v) is 3.44. The molecule has 0 radical (unpaired) electrons. The van der Waals surface area contributed by atoms with Crippen LogP contribution in [0.25, 0.3) is 0 Å². The van der Waals surface area contributed by atoms with Gasteiger partial charge in [0.1, 0.15) is 11.6 Å². The summed E-state index contributed by atoms with van der Waals surface area (Å²) in [5, 5.41) is 0. The van der Waals surface area contributed by atoms with Crippen molar-refractivity contribution >= 4 is 11.6 Å². The summed E-state index contributed by atoms with van der Waals surface area (Å²) in [5.74, 6) is 0.155. The average Bonchev–Trinajstić information content (AvgIpc) is 2.87. The molecular formula is C11H20O2. The van der Waals surface area contributed by atoms with E-state index in [9.17, 15) is 9.59 Å². The largest absolute Gasteiger partial charge is 0.300 e. The lowest BCUT2D eigenvalue weighted by Gasteiger charge is -2.08. The molecule has 1 fully saturated rings. The van der Waals surface area contributed by atoms with Gasteiger partial charge < -0.3 is 0 Å². The van der Waals surface area contributed by atoms with Crippen LogP contribution in [0.1, 0.15) is 53.4 Å². The summed E-state index contributed by atoms with van der Waals surface area (Å²) < 4.78 is 0. The summed E-state index contributed by atoms with van der Waals surface area (Å²) in [7, 11) is 0. The molecule has 0 aromatic rings. The Morgan fingerprint density at radius 3 is 1.92 bits per heavy atom. The van der Waals surface area contributed by atoms with E-state index in [1.54, 1.807) is 0 Å². The molecule has 0 heterocycles. The fourth-order valence-electron chi connectivity index (χ4n) is 1.39. The first-order valence-corrected chi connectivity index (χ1v) is 5.13. The third-order valence-electron chi connectivity index (χ3n) is 2.53. The van der Waals surface area contributed by atoms with Crippen molar-refractivity contribution in [3.8, 4) is 0 Å². The van der Waals surface area contributed by atoms with Gasteiger partial charge in [-0.15, -0.1) is 0 Å². The predicted molar refractivity (Wildman–Crippen MR) is 53.6 cm³/mol. The Morgan fingerprint density at radius 1 is 1.23 bits per heavy atom. The Morgan fingerprint density at radius 2 is 1.69 bits per heavy atom. The Kier molecular flexibility index (Phi) is 4.89. The predicted octanol–water partition coefficient (Wildman–Crippen LogP) is 2.75. The minimum absolute atomic E-state index is 0.00488. The van der Waals surface area contributed by atoms with E-state index < -0.39 is 0 Å². The molecule has 0 bridgehead atoms. The molecule has 0 aliphatic heterocycles. The van der Waals surface area contributed by atoms with E-state index in [0.717, 1.165) is 19.3 Å². The number of Topliss-reactive ketones (excluding diaryl/α,β-unsaturated/α-hetero) is 2. The minimum atomic E-state index is -0.0777. The number of carbonyl (C=O) groups excluding carboxylic acids is 2. The van der Waals surface area contributed by atoms with Crippen LogP contribution in [-0.4, -0.2) is 11.6 Å². The smallest absolute Gasteiger partial charge is 0.146 e. The molecule has 0 unspecified atom stereocenters. The summed E-state index contributed by atoms with van der Waals surface area (Å²) in [4.78, 5) is 22.0. The molecule has 0 aromatic carbocycles. The van der Waals surface area contributed by atoms with Gasteiger partial charge in [-0.05, 0) is 26.2 Å². The number of rotatable bonds is 4. The van der Waals surface area contributed by atoms with Gasteiger partial charge in [-0.25, -0.2) is 0 Å². The first-order valence-electron chi connectivity index (χ1n) is 5.13. The highest BCUT2D eigenvalue weighted by atomic mass is 16.1. The Bertz CT molecular complexity index is 190. The molecule has 2 nitrogen and oxygen atoms in total. The molecule has 0 atom stereocenters. The van der Waals surface area contributed by atoms with E-state index in [4.69, 9.17) is 0 Å². The third-order valence-corrected chi connectivity index (χ3v) is 2.53. The highest BCUT2D eigenvalue weighted by molar-refractivity contribution is 6.01. The van der Waals surface area contributed by atoms with Crippen LogP contribution in [-0.2, 0) is 9.59 Å². The lowest BCUT2D eigenvalue weighted by molar-refractivity contribution is -0.129. The molecule has 1 rings (SSSR count). The van der Waals surface area contributed by atoms with E-state index in [0.29, 0.717) is 0 Å². The monoisotopic (exact) mass is 184 g/mol. The molecular weight excluding hydrogens is 164 g/mol. The molecule has 0 amide bonds. The number of carbonyl (C=O) groups is 2. The first kappa shape index (κ1) is 12.3. The molecule has 1 aliphatic carbocycles. The van der Waals surface area contributed by atoms with Crippen molar-refractivity contribution in [2.24, 2.45) is 5.41 Å². The molecule has 2 heteroatoms. The molecule has 0 saturated heterocycles. The first-order chi connectivity index (χ1) is 6.10. The SMILES string of the molecule is CC.CCC1(C(=O)CC(C)=O)CC1. The fraction of sp³-hybridized carbons (Fsp3) is 0.818. The van der Waals surface area contributed by atoms with Crippen molar-refractivity contribution in [2.45, 2.75) is 53.4 Å². The van der Waals surface area contributed by atoms with Gasteiger partial charge in [0.2, 0.25) is 0 Å². The van der Waals surface area contributed by atoms with Crippen LogP contribution in [0.3, 0.4) is 0 Å². The zero-order valence-electron chi connectivity index (χ0n) is 9.14. The number of hydrogen-bond donors (Lipinski definition) is 0. The van der Waals surface area contributed by atoms with Gasteiger partial charge in [0.25, 0.3) is 0 Å². The van der Waals surface area contributed by atoms with Gasteiger partial charge >= 0.3 is 0 Å². The van der Waals surface area contributed by atoms with Gasteiger partial charge in [0.05, 0.1) is 6.42 Å². The van der Waals surface area contributed by atoms with Crippen molar-refractivity contribution in [1.29, 1.82) is 0 Å². The summed E-state index contributed by atoms with van der Waals surface area (Å²) in [6, 6.07) is 0. The van der Waals surface area contributed by atoms with Crippen molar-refractivity contribution in [1.82, 2.24) is 0 Å². The maximum absolute atomic E-state index is 11.3. The van der Waals surface area contributed by atoms with E-state index in [-0.39, 0.29) is 23.4 Å². The van der Waals surface area contributed by atoms with Crippen LogP contribution in [0.15, 0.2) is 0 Å². The van der Waals surface area contributed by atoms with Crippen molar-refractivity contribution in [3.05, 3.63) is 0 Å². The van der Waals surface area contributed by atoms with Crippen LogP contribution in [0.4, 0.5) is 0 Å². The van der Waals surface area contributed by atoms with Crippen molar-refractivity contribution in [3.63, 3.8) is 0 Å². The maximum Gasteiger partial charge on any atom is 0.146 e. The standard InChI is InChI=1S/C9H14O2.C2H6/c1-3-9(4-5-9)8(11)6-7(2)10;1-2/h3-6H2,1-2H3;1-2H3. The summed E-state index contributed by atoms with van der Waals surface area (Å²) in [6.07, 6.45) is 3.04. The summed E-state index contributed by atoms with van der Waals surface area (Å²) >= 11 is 0. The van der Waals surface area contributed by atoms with Gasteiger partial charge in [0, 0.05) is 5.41 Å². The summed E-state index contributed by atoms with van der Waals surface area (Å²) in [5.41, 5.74) is -0.0777. The zero-order valence-corrected chi connectivity index (χ0v) is 9.14. The lowest BCUT2D eigenvalue weighted by Crippen LogP contribution is -2.17. The van der Waals surface area contributed by atoms with Crippen LogP contribution in [0.5, 0.6) is 0 Å². The highest BCUT2D eigenvalue weighted by Gasteiger charge is 2.47. The second kappa shape index (κ2) is 5.15. The molecule has 13 heavy (non-hydrogen) atoms. The quantitative estimate of drug-likeness (QED) is 0.629. The third kappa shape index (κ3) is 3.29. The van der Waals surface area contributed by atoms with E-state index >= 15 is 0 Å². The van der Waals surface area contributed by atoms with E-state index in [1.165, 1.54) is 6.92 Å². The topological polar surface area (TPSA) is 34.1 Å². The molecule has 0 aromatic heterocycles. The van der Waals surface area contributed by atoms with Gasteiger partial charge in [0.15, 0.2) is 0 Å². The average molecular weight is 184 g/mol. The fourth-order valence-corrected chi connectivity index (χ4v) is 1.39. The van der Waals surface area contributed by atoms with Gasteiger partial charge in [-0.1, -0.05) is 20.8 Å². The highest BCUT2D eigenvalue weighted by Crippen LogP contribution is 2.50. The Labute approximate surface area is 80.7 Å². The lowest BCUT2D eigenvalue weighted by atomic mass is 9.94. The van der Waals surface area contributed by atoms with E-state index in [2.05, 4.69) is 0 Å². The van der Waals surface area contributed by atoms with Crippen LogP contribution in [0, 0.1) is 5.41 Å². The van der Waals surface area contributed by atoms with Crippen LogP contribution >= 0.6 is 0 Å².